The predicted molar refractivity (Wildman–Crippen MR) is 101 cm³/mol. The summed E-state index contributed by atoms with van der Waals surface area (Å²) >= 11 is 6.01. The minimum atomic E-state index is -0.374. The van der Waals surface area contributed by atoms with E-state index in [0.29, 0.717) is 16.3 Å². The van der Waals surface area contributed by atoms with Crippen LogP contribution in [0.15, 0.2) is 72.9 Å². The molecule has 0 aliphatic rings. The summed E-state index contributed by atoms with van der Waals surface area (Å²) in [4.78, 5) is 9.05. The molecule has 0 unspecified atom stereocenters. The molecule has 26 heavy (non-hydrogen) atoms. The summed E-state index contributed by atoms with van der Waals surface area (Å²) in [5.74, 6) is 0.252. The van der Waals surface area contributed by atoms with Gasteiger partial charge in [0, 0.05) is 11.1 Å². The first-order chi connectivity index (χ1) is 12.7. The van der Waals surface area contributed by atoms with Crippen LogP contribution in [-0.2, 0) is 6.61 Å². The van der Waals surface area contributed by atoms with Crippen molar-refractivity contribution in [3.05, 3.63) is 89.3 Å². The van der Waals surface area contributed by atoms with Crippen LogP contribution < -0.4 is 4.74 Å². The van der Waals surface area contributed by atoms with Crippen LogP contribution in [0.4, 0.5) is 4.39 Å². The van der Waals surface area contributed by atoms with Crippen LogP contribution in [0.5, 0.6) is 5.75 Å². The van der Waals surface area contributed by atoms with E-state index in [1.54, 1.807) is 18.3 Å². The Morgan fingerprint density at radius 3 is 2.42 bits per heavy atom. The molecular weight excluding hydrogens is 351 g/mol. The second kappa shape index (κ2) is 7.10. The van der Waals surface area contributed by atoms with E-state index in [2.05, 4.69) is 9.97 Å². The van der Waals surface area contributed by atoms with Crippen molar-refractivity contribution in [1.82, 2.24) is 9.97 Å². The van der Waals surface area contributed by atoms with Gasteiger partial charge in [-0.3, -0.25) is 4.98 Å². The third kappa shape index (κ3) is 3.37. The lowest BCUT2D eigenvalue weighted by Crippen LogP contribution is -1.99. The first-order valence-electron chi connectivity index (χ1n) is 8.08. The molecule has 0 saturated carbocycles. The van der Waals surface area contributed by atoms with Crippen LogP contribution >= 0.6 is 11.6 Å². The van der Waals surface area contributed by atoms with Gasteiger partial charge in [-0.15, -0.1) is 0 Å². The van der Waals surface area contributed by atoms with Crippen molar-refractivity contribution in [3.63, 3.8) is 0 Å². The molecule has 0 aliphatic heterocycles. The fourth-order valence-corrected chi connectivity index (χ4v) is 2.86. The Morgan fingerprint density at radius 2 is 1.65 bits per heavy atom. The standard InChI is InChI=1S/C21H14ClFN2O/c22-17-4-3-5-18(23)16(17)13-26-15-10-8-14(9-11-15)21-12-24-19-6-1-2-7-20(19)25-21/h1-12H,13H2. The van der Waals surface area contributed by atoms with Crippen LogP contribution in [0, 0.1) is 5.82 Å². The van der Waals surface area contributed by atoms with E-state index in [1.807, 2.05) is 48.5 Å². The number of aromatic nitrogens is 2. The number of para-hydroxylation sites is 2. The largest absolute Gasteiger partial charge is 0.489 e. The summed E-state index contributed by atoms with van der Waals surface area (Å²) in [6.45, 7) is 0.0701. The highest BCUT2D eigenvalue weighted by atomic mass is 35.5. The lowest BCUT2D eigenvalue weighted by Gasteiger charge is -2.09. The van der Waals surface area contributed by atoms with Gasteiger partial charge < -0.3 is 4.74 Å². The molecule has 5 heteroatoms. The van der Waals surface area contributed by atoms with Gasteiger partial charge in [0.05, 0.1) is 27.9 Å². The van der Waals surface area contributed by atoms with Gasteiger partial charge in [0.1, 0.15) is 18.2 Å². The van der Waals surface area contributed by atoms with Crippen molar-refractivity contribution in [3.8, 4) is 17.0 Å². The zero-order valence-corrected chi connectivity index (χ0v) is 14.4. The molecule has 0 aliphatic carbocycles. The quantitative estimate of drug-likeness (QED) is 0.468. The number of hydrogen-bond acceptors (Lipinski definition) is 3. The molecule has 0 bridgehead atoms. The molecule has 128 valence electrons. The Morgan fingerprint density at radius 1 is 0.885 bits per heavy atom. The van der Waals surface area contributed by atoms with Crippen molar-refractivity contribution in [1.29, 1.82) is 0 Å². The fraction of sp³-hybridized carbons (Fsp3) is 0.0476. The summed E-state index contributed by atoms with van der Waals surface area (Å²) in [5, 5.41) is 0.355. The van der Waals surface area contributed by atoms with E-state index in [4.69, 9.17) is 16.3 Å². The lowest BCUT2D eigenvalue weighted by atomic mass is 10.1. The van der Waals surface area contributed by atoms with Crippen molar-refractivity contribution < 1.29 is 9.13 Å². The highest BCUT2D eigenvalue weighted by Gasteiger charge is 2.08. The van der Waals surface area contributed by atoms with E-state index in [1.165, 1.54) is 6.07 Å². The summed E-state index contributed by atoms with van der Waals surface area (Å²) in [7, 11) is 0. The van der Waals surface area contributed by atoms with Gasteiger partial charge in [0.25, 0.3) is 0 Å². The maximum Gasteiger partial charge on any atom is 0.131 e. The summed E-state index contributed by atoms with van der Waals surface area (Å²) in [6.07, 6.45) is 1.75. The van der Waals surface area contributed by atoms with Gasteiger partial charge >= 0.3 is 0 Å². The third-order valence-corrected chi connectivity index (χ3v) is 4.40. The maximum absolute atomic E-state index is 13.8. The van der Waals surface area contributed by atoms with Gasteiger partial charge in [0.2, 0.25) is 0 Å². The molecule has 0 N–H and O–H groups in total. The Labute approximate surface area is 155 Å². The molecule has 3 nitrogen and oxygen atoms in total. The van der Waals surface area contributed by atoms with Gasteiger partial charge in [0.15, 0.2) is 0 Å². The van der Waals surface area contributed by atoms with Crippen molar-refractivity contribution in [2.75, 3.05) is 0 Å². The second-order valence-corrected chi connectivity index (χ2v) is 6.16. The van der Waals surface area contributed by atoms with Gasteiger partial charge in [-0.25, -0.2) is 9.37 Å². The normalized spacial score (nSPS) is 10.8. The zero-order chi connectivity index (χ0) is 17.9. The molecule has 4 aromatic rings. The Balaban J connectivity index is 1.52. The maximum atomic E-state index is 13.8. The minimum Gasteiger partial charge on any atom is -0.489 e. The third-order valence-electron chi connectivity index (χ3n) is 4.04. The smallest absolute Gasteiger partial charge is 0.131 e. The number of ether oxygens (including phenoxy) is 1. The van der Waals surface area contributed by atoms with E-state index < -0.39 is 0 Å². The topological polar surface area (TPSA) is 35.0 Å². The monoisotopic (exact) mass is 364 g/mol. The Kier molecular flexibility index (Phi) is 4.50. The molecule has 0 radical (unpaired) electrons. The predicted octanol–water partition coefficient (Wildman–Crippen LogP) is 5.67. The van der Waals surface area contributed by atoms with Gasteiger partial charge in [-0.05, 0) is 48.5 Å². The van der Waals surface area contributed by atoms with Crippen LogP contribution in [0.3, 0.4) is 0 Å². The van der Waals surface area contributed by atoms with Crippen molar-refractivity contribution in [2.24, 2.45) is 0 Å². The number of hydrogen-bond donors (Lipinski definition) is 0. The van der Waals surface area contributed by atoms with Gasteiger partial charge in [-0.1, -0.05) is 29.8 Å². The average Bonchev–Trinajstić information content (AvgIpc) is 2.68. The molecule has 3 aromatic carbocycles. The number of benzene rings is 3. The molecule has 0 saturated heterocycles. The average molecular weight is 365 g/mol. The molecule has 4 rings (SSSR count). The number of fused-ring (bicyclic) bond motifs is 1. The number of rotatable bonds is 4. The first kappa shape index (κ1) is 16.5. The highest BCUT2D eigenvalue weighted by Crippen LogP contribution is 2.24. The molecule has 1 aromatic heterocycles. The molecule has 0 fully saturated rings. The lowest BCUT2D eigenvalue weighted by molar-refractivity contribution is 0.300. The van der Waals surface area contributed by atoms with Crippen molar-refractivity contribution in [2.45, 2.75) is 6.61 Å². The Bertz CT molecular complexity index is 1050. The molecular formula is C21H14ClFN2O. The van der Waals surface area contributed by atoms with E-state index in [0.717, 1.165) is 22.3 Å². The van der Waals surface area contributed by atoms with Gasteiger partial charge in [-0.2, -0.15) is 0 Å². The van der Waals surface area contributed by atoms with Crippen molar-refractivity contribution >= 4 is 22.6 Å². The molecule has 1 heterocycles. The Hall–Kier alpha value is -2.98. The minimum absolute atomic E-state index is 0.0701. The molecule has 0 atom stereocenters. The number of nitrogens with zero attached hydrogens (tertiary/aromatic N) is 2. The van der Waals surface area contributed by atoms with Crippen LogP contribution in [0.2, 0.25) is 5.02 Å². The van der Waals surface area contributed by atoms with Crippen LogP contribution in [0.25, 0.3) is 22.3 Å². The number of halogens is 2. The first-order valence-corrected chi connectivity index (χ1v) is 8.46. The summed E-state index contributed by atoms with van der Waals surface area (Å²) in [6, 6.07) is 19.8. The van der Waals surface area contributed by atoms with E-state index >= 15 is 0 Å². The highest BCUT2D eigenvalue weighted by molar-refractivity contribution is 6.31. The summed E-state index contributed by atoms with van der Waals surface area (Å²) < 4.78 is 19.4. The fourth-order valence-electron chi connectivity index (χ4n) is 2.64. The second-order valence-electron chi connectivity index (χ2n) is 5.76. The molecule has 0 spiro atoms. The summed E-state index contributed by atoms with van der Waals surface area (Å²) in [5.41, 5.74) is 3.77. The SMILES string of the molecule is Fc1cccc(Cl)c1COc1ccc(-c2cnc3ccccc3n2)cc1. The van der Waals surface area contributed by atoms with Crippen LogP contribution in [-0.4, -0.2) is 9.97 Å². The van der Waals surface area contributed by atoms with E-state index in [-0.39, 0.29) is 12.4 Å². The van der Waals surface area contributed by atoms with E-state index in [9.17, 15) is 4.39 Å². The zero-order valence-electron chi connectivity index (χ0n) is 13.7. The van der Waals surface area contributed by atoms with Crippen LogP contribution in [0.1, 0.15) is 5.56 Å². The molecule has 0 amide bonds.